The molecule has 2 aromatic rings. The maximum absolute atomic E-state index is 11.4. The minimum atomic E-state index is -0.884. The summed E-state index contributed by atoms with van der Waals surface area (Å²) in [7, 11) is 0. The molecule has 3 nitrogen and oxygen atoms in total. The molecular formula is C16H17NO2. The van der Waals surface area contributed by atoms with Crippen molar-refractivity contribution in [3.8, 4) is 0 Å². The van der Waals surface area contributed by atoms with Crippen molar-refractivity contribution < 1.29 is 9.90 Å². The Balaban J connectivity index is 2.26. The van der Waals surface area contributed by atoms with Crippen LogP contribution in [0, 0.1) is 13.8 Å². The van der Waals surface area contributed by atoms with Gasteiger partial charge in [-0.1, -0.05) is 42.0 Å². The van der Waals surface area contributed by atoms with Gasteiger partial charge in [0.05, 0.1) is 0 Å². The zero-order valence-electron chi connectivity index (χ0n) is 11.1. The van der Waals surface area contributed by atoms with E-state index in [1.54, 1.807) is 0 Å². The number of aliphatic carboxylic acids is 1. The molecule has 0 saturated heterocycles. The van der Waals surface area contributed by atoms with Crippen LogP contribution in [-0.4, -0.2) is 11.1 Å². The van der Waals surface area contributed by atoms with Gasteiger partial charge in [0.1, 0.15) is 0 Å². The molecular weight excluding hydrogens is 238 g/mol. The zero-order chi connectivity index (χ0) is 13.8. The summed E-state index contributed by atoms with van der Waals surface area (Å²) in [6.07, 6.45) is 0. The first-order valence-electron chi connectivity index (χ1n) is 6.19. The summed E-state index contributed by atoms with van der Waals surface area (Å²) in [6, 6.07) is 14.5. The largest absolute Gasteiger partial charge is 0.479 e. The van der Waals surface area contributed by atoms with E-state index in [0.717, 1.165) is 22.4 Å². The Morgan fingerprint density at radius 2 is 1.74 bits per heavy atom. The maximum atomic E-state index is 11.4. The molecule has 0 spiro atoms. The third-order valence-electron chi connectivity index (χ3n) is 2.99. The van der Waals surface area contributed by atoms with E-state index in [2.05, 4.69) is 5.32 Å². The Morgan fingerprint density at radius 1 is 1.05 bits per heavy atom. The number of hydrogen-bond donors (Lipinski definition) is 2. The van der Waals surface area contributed by atoms with Crippen molar-refractivity contribution >= 4 is 11.7 Å². The molecule has 2 aromatic carbocycles. The third kappa shape index (κ3) is 3.35. The number of carboxylic acid groups (broad SMARTS) is 1. The fourth-order valence-corrected chi connectivity index (χ4v) is 1.95. The van der Waals surface area contributed by atoms with E-state index in [1.807, 2.05) is 62.4 Å². The maximum Gasteiger partial charge on any atom is 0.330 e. The van der Waals surface area contributed by atoms with E-state index < -0.39 is 12.0 Å². The summed E-state index contributed by atoms with van der Waals surface area (Å²) < 4.78 is 0. The SMILES string of the molecule is Cc1ccc([C@@H](Nc2cccc(C)c2)C(=O)O)cc1. The van der Waals surface area contributed by atoms with Gasteiger partial charge in [-0.2, -0.15) is 0 Å². The van der Waals surface area contributed by atoms with E-state index >= 15 is 0 Å². The second-order valence-corrected chi connectivity index (χ2v) is 4.70. The van der Waals surface area contributed by atoms with Gasteiger partial charge in [-0.25, -0.2) is 4.79 Å². The molecule has 0 saturated carbocycles. The molecule has 19 heavy (non-hydrogen) atoms. The second kappa shape index (κ2) is 5.57. The van der Waals surface area contributed by atoms with Gasteiger partial charge < -0.3 is 10.4 Å². The Hall–Kier alpha value is -2.29. The van der Waals surface area contributed by atoms with Gasteiger partial charge in [-0.15, -0.1) is 0 Å². The van der Waals surface area contributed by atoms with Gasteiger partial charge >= 0.3 is 5.97 Å². The van der Waals surface area contributed by atoms with Crippen molar-refractivity contribution in [3.63, 3.8) is 0 Å². The molecule has 0 radical (unpaired) electrons. The number of rotatable bonds is 4. The van der Waals surface area contributed by atoms with Gasteiger partial charge in [-0.3, -0.25) is 0 Å². The smallest absolute Gasteiger partial charge is 0.330 e. The Labute approximate surface area is 112 Å². The summed E-state index contributed by atoms with van der Waals surface area (Å²) in [5.74, 6) is -0.884. The number of benzene rings is 2. The molecule has 2 N–H and O–H groups in total. The molecule has 0 heterocycles. The van der Waals surface area contributed by atoms with Crippen molar-refractivity contribution in [2.75, 3.05) is 5.32 Å². The van der Waals surface area contributed by atoms with E-state index in [-0.39, 0.29) is 0 Å². The Bertz CT molecular complexity index is 576. The zero-order valence-corrected chi connectivity index (χ0v) is 11.1. The van der Waals surface area contributed by atoms with Gasteiger partial charge in [0.25, 0.3) is 0 Å². The van der Waals surface area contributed by atoms with E-state index in [9.17, 15) is 9.90 Å². The quantitative estimate of drug-likeness (QED) is 0.878. The van der Waals surface area contributed by atoms with Gasteiger partial charge in [0, 0.05) is 5.69 Å². The lowest BCUT2D eigenvalue weighted by Crippen LogP contribution is -2.20. The molecule has 0 fully saturated rings. The first-order chi connectivity index (χ1) is 9.06. The molecule has 98 valence electrons. The molecule has 0 bridgehead atoms. The van der Waals surface area contributed by atoms with Crippen LogP contribution in [-0.2, 0) is 4.79 Å². The van der Waals surface area contributed by atoms with Gasteiger partial charge in [0.15, 0.2) is 6.04 Å². The number of anilines is 1. The van der Waals surface area contributed by atoms with Crippen LogP contribution in [0.15, 0.2) is 48.5 Å². The van der Waals surface area contributed by atoms with Crippen LogP contribution in [0.5, 0.6) is 0 Å². The Kier molecular flexibility index (Phi) is 3.85. The van der Waals surface area contributed by atoms with Crippen molar-refractivity contribution in [3.05, 3.63) is 65.2 Å². The molecule has 0 unspecified atom stereocenters. The van der Waals surface area contributed by atoms with Gasteiger partial charge in [0.2, 0.25) is 0 Å². The highest BCUT2D eigenvalue weighted by Gasteiger charge is 2.19. The highest BCUT2D eigenvalue weighted by atomic mass is 16.4. The standard InChI is InChI=1S/C16H17NO2/c1-11-6-8-13(9-7-11)15(16(18)19)17-14-5-3-4-12(2)10-14/h3-10,15,17H,1-2H3,(H,18,19)/t15-/m1/s1. The first-order valence-corrected chi connectivity index (χ1v) is 6.19. The summed E-state index contributed by atoms with van der Waals surface area (Å²) in [6.45, 7) is 3.96. The molecule has 2 rings (SSSR count). The van der Waals surface area contributed by atoms with Crippen molar-refractivity contribution in [2.45, 2.75) is 19.9 Å². The summed E-state index contributed by atoms with van der Waals surface area (Å²) in [5, 5.41) is 12.4. The van der Waals surface area contributed by atoms with Crippen LogP contribution in [0.2, 0.25) is 0 Å². The lowest BCUT2D eigenvalue weighted by atomic mass is 10.0. The van der Waals surface area contributed by atoms with Crippen LogP contribution >= 0.6 is 0 Å². The molecule has 1 atom stereocenters. The lowest BCUT2D eigenvalue weighted by Gasteiger charge is -2.16. The van der Waals surface area contributed by atoms with Crippen LogP contribution in [0.1, 0.15) is 22.7 Å². The van der Waals surface area contributed by atoms with Crippen molar-refractivity contribution in [1.82, 2.24) is 0 Å². The second-order valence-electron chi connectivity index (χ2n) is 4.70. The van der Waals surface area contributed by atoms with Crippen LogP contribution < -0.4 is 5.32 Å². The topological polar surface area (TPSA) is 49.3 Å². The summed E-state index contributed by atoms with van der Waals surface area (Å²) in [4.78, 5) is 11.4. The van der Waals surface area contributed by atoms with Crippen molar-refractivity contribution in [1.29, 1.82) is 0 Å². The Morgan fingerprint density at radius 3 is 2.32 bits per heavy atom. The van der Waals surface area contributed by atoms with Crippen LogP contribution in [0.3, 0.4) is 0 Å². The average molecular weight is 255 g/mol. The minimum absolute atomic E-state index is 0.734. The number of carbonyl (C=O) groups is 1. The summed E-state index contributed by atoms with van der Waals surface area (Å²) >= 11 is 0. The fourth-order valence-electron chi connectivity index (χ4n) is 1.95. The predicted molar refractivity (Wildman–Crippen MR) is 76.4 cm³/mol. The lowest BCUT2D eigenvalue weighted by molar-refractivity contribution is -0.138. The highest BCUT2D eigenvalue weighted by Crippen LogP contribution is 2.21. The van der Waals surface area contributed by atoms with E-state index in [0.29, 0.717) is 0 Å². The molecule has 0 aliphatic rings. The molecule has 0 aliphatic heterocycles. The molecule has 0 amide bonds. The van der Waals surface area contributed by atoms with Crippen LogP contribution in [0.4, 0.5) is 5.69 Å². The van der Waals surface area contributed by atoms with Crippen molar-refractivity contribution in [2.24, 2.45) is 0 Å². The van der Waals surface area contributed by atoms with Crippen LogP contribution in [0.25, 0.3) is 0 Å². The number of carboxylic acids is 1. The predicted octanol–water partition coefficient (Wildman–Crippen LogP) is 3.54. The minimum Gasteiger partial charge on any atom is -0.479 e. The normalized spacial score (nSPS) is 11.9. The van der Waals surface area contributed by atoms with Gasteiger partial charge in [-0.05, 0) is 37.1 Å². The number of aryl methyl sites for hydroxylation is 2. The number of nitrogens with one attached hydrogen (secondary N) is 1. The highest BCUT2D eigenvalue weighted by molar-refractivity contribution is 5.79. The summed E-state index contributed by atoms with van der Waals surface area (Å²) in [5.41, 5.74) is 3.77. The number of hydrogen-bond acceptors (Lipinski definition) is 2. The monoisotopic (exact) mass is 255 g/mol. The van der Waals surface area contributed by atoms with E-state index in [4.69, 9.17) is 0 Å². The molecule has 3 heteroatoms. The first kappa shape index (κ1) is 13.1. The fraction of sp³-hybridized carbons (Fsp3) is 0.188. The average Bonchev–Trinajstić information content (AvgIpc) is 2.37. The third-order valence-corrected chi connectivity index (χ3v) is 2.99. The molecule has 0 aliphatic carbocycles. The van der Waals surface area contributed by atoms with E-state index in [1.165, 1.54) is 0 Å². The molecule has 0 aromatic heterocycles.